The summed E-state index contributed by atoms with van der Waals surface area (Å²) < 4.78 is 45.0. The van der Waals surface area contributed by atoms with Crippen molar-refractivity contribution in [2.45, 2.75) is 31.8 Å². The van der Waals surface area contributed by atoms with E-state index in [2.05, 4.69) is 5.32 Å². The van der Waals surface area contributed by atoms with Crippen LogP contribution in [0, 0.1) is 5.82 Å². The molecule has 0 heterocycles. The number of hydrogen-bond donors (Lipinski definition) is 2. The van der Waals surface area contributed by atoms with Gasteiger partial charge in [0.05, 0.1) is 5.56 Å². The number of carbonyl (C=O) groups excluding carboxylic acids is 3. The average molecular weight is 403 g/mol. The molecule has 9 nitrogen and oxygen atoms in total. The molecule has 0 aromatic heterocycles. The van der Waals surface area contributed by atoms with Crippen molar-refractivity contribution in [1.29, 1.82) is 0 Å². The number of rotatable bonds is 7. The molecule has 1 aromatic rings. The predicted octanol–water partition coefficient (Wildman–Crippen LogP) is 0.857. The van der Waals surface area contributed by atoms with Gasteiger partial charge in [-0.15, -0.1) is 0 Å². The maximum atomic E-state index is 14.1. The van der Waals surface area contributed by atoms with Crippen LogP contribution in [-0.4, -0.2) is 56.9 Å². The molecule has 0 aliphatic heterocycles. The zero-order valence-corrected chi connectivity index (χ0v) is 16.2. The standard InChI is InChI=1S/C16H22FN3O6S/c1-5-20(6-2)27(24,25)13-9-11(7-8-12(13)17)15(22)26-10(3)14(21)19-16(23)18-4/h7-10H,5-6H2,1-4H3,(H2,18,19,21,23). The minimum absolute atomic E-state index is 0.129. The summed E-state index contributed by atoms with van der Waals surface area (Å²) in [5.41, 5.74) is -0.248. The first kappa shape index (κ1) is 22.5. The van der Waals surface area contributed by atoms with Gasteiger partial charge in [-0.1, -0.05) is 13.8 Å². The van der Waals surface area contributed by atoms with Gasteiger partial charge in [0.15, 0.2) is 6.10 Å². The van der Waals surface area contributed by atoms with Gasteiger partial charge in [-0.2, -0.15) is 4.31 Å². The van der Waals surface area contributed by atoms with Crippen LogP contribution in [0.1, 0.15) is 31.1 Å². The topological polar surface area (TPSA) is 122 Å². The van der Waals surface area contributed by atoms with Crippen LogP contribution in [0.15, 0.2) is 23.1 Å². The van der Waals surface area contributed by atoms with E-state index >= 15 is 0 Å². The molecule has 150 valence electrons. The van der Waals surface area contributed by atoms with Crippen LogP contribution in [0.5, 0.6) is 0 Å². The molecule has 0 aliphatic carbocycles. The maximum Gasteiger partial charge on any atom is 0.338 e. The second-order valence-electron chi connectivity index (χ2n) is 5.35. The summed E-state index contributed by atoms with van der Waals surface area (Å²) in [6.45, 7) is 4.69. The van der Waals surface area contributed by atoms with Gasteiger partial charge in [0, 0.05) is 20.1 Å². The lowest BCUT2D eigenvalue weighted by atomic mass is 10.2. The number of esters is 1. The summed E-state index contributed by atoms with van der Waals surface area (Å²) in [7, 11) is -2.83. The average Bonchev–Trinajstić information content (AvgIpc) is 2.62. The van der Waals surface area contributed by atoms with Crippen molar-refractivity contribution in [2.75, 3.05) is 20.1 Å². The normalized spacial score (nSPS) is 12.4. The highest BCUT2D eigenvalue weighted by Crippen LogP contribution is 2.21. The van der Waals surface area contributed by atoms with E-state index in [0.717, 1.165) is 22.5 Å². The highest BCUT2D eigenvalue weighted by molar-refractivity contribution is 7.89. The lowest BCUT2D eigenvalue weighted by Crippen LogP contribution is -2.43. The predicted molar refractivity (Wildman–Crippen MR) is 94.0 cm³/mol. The van der Waals surface area contributed by atoms with Crippen LogP contribution < -0.4 is 10.6 Å². The van der Waals surface area contributed by atoms with E-state index in [1.54, 1.807) is 13.8 Å². The Labute approximate surface area is 156 Å². The number of imide groups is 1. The zero-order chi connectivity index (χ0) is 20.8. The number of ether oxygens (including phenoxy) is 1. The number of urea groups is 1. The Bertz CT molecular complexity index is 823. The van der Waals surface area contributed by atoms with Crippen molar-refractivity contribution in [3.8, 4) is 0 Å². The van der Waals surface area contributed by atoms with Crippen molar-refractivity contribution in [2.24, 2.45) is 0 Å². The molecular formula is C16H22FN3O6S. The maximum absolute atomic E-state index is 14.1. The number of halogens is 1. The summed E-state index contributed by atoms with van der Waals surface area (Å²) in [4.78, 5) is 34.3. The van der Waals surface area contributed by atoms with Gasteiger partial charge in [-0.3, -0.25) is 10.1 Å². The van der Waals surface area contributed by atoms with Crippen LogP contribution in [-0.2, 0) is 19.6 Å². The molecule has 0 fully saturated rings. The molecule has 27 heavy (non-hydrogen) atoms. The third kappa shape index (κ3) is 5.47. The molecule has 11 heteroatoms. The minimum Gasteiger partial charge on any atom is -0.449 e. The molecule has 0 spiro atoms. The quantitative estimate of drug-likeness (QED) is 0.651. The lowest BCUT2D eigenvalue weighted by Gasteiger charge is -2.19. The molecule has 0 radical (unpaired) electrons. The van der Waals surface area contributed by atoms with E-state index < -0.39 is 44.7 Å². The molecule has 1 unspecified atom stereocenters. The van der Waals surface area contributed by atoms with E-state index in [1.165, 1.54) is 14.0 Å². The number of amides is 3. The Morgan fingerprint density at radius 1 is 1.22 bits per heavy atom. The summed E-state index contributed by atoms with van der Waals surface area (Å²) in [5.74, 6) is -2.92. The van der Waals surface area contributed by atoms with E-state index in [9.17, 15) is 27.2 Å². The van der Waals surface area contributed by atoms with Crippen LogP contribution >= 0.6 is 0 Å². The fraction of sp³-hybridized carbons (Fsp3) is 0.438. The van der Waals surface area contributed by atoms with E-state index in [0.29, 0.717) is 0 Å². The third-order valence-electron chi connectivity index (χ3n) is 3.61. The molecule has 0 saturated carbocycles. The van der Waals surface area contributed by atoms with Crippen LogP contribution in [0.2, 0.25) is 0 Å². The number of hydrogen-bond acceptors (Lipinski definition) is 6. The molecule has 3 amide bonds. The van der Waals surface area contributed by atoms with E-state index in [4.69, 9.17) is 4.74 Å². The van der Waals surface area contributed by atoms with Crippen molar-refractivity contribution in [3.05, 3.63) is 29.6 Å². The molecule has 1 aromatic carbocycles. The number of nitrogens with zero attached hydrogens (tertiary/aromatic N) is 1. The fourth-order valence-corrected chi connectivity index (χ4v) is 3.64. The number of carbonyl (C=O) groups is 3. The van der Waals surface area contributed by atoms with Crippen molar-refractivity contribution in [1.82, 2.24) is 14.9 Å². The van der Waals surface area contributed by atoms with Crippen molar-refractivity contribution < 1.29 is 31.9 Å². The van der Waals surface area contributed by atoms with Gasteiger partial charge in [-0.25, -0.2) is 22.4 Å². The highest BCUT2D eigenvalue weighted by atomic mass is 32.2. The molecule has 1 rings (SSSR count). The number of nitrogens with one attached hydrogen (secondary N) is 2. The van der Waals surface area contributed by atoms with E-state index in [1.807, 2.05) is 5.32 Å². The molecule has 1 atom stereocenters. The zero-order valence-electron chi connectivity index (χ0n) is 15.4. The summed E-state index contributed by atoms with van der Waals surface area (Å²) in [5, 5.41) is 4.10. The second-order valence-corrected chi connectivity index (χ2v) is 7.26. The third-order valence-corrected chi connectivity index (χ3v) is 5.67. The van der Waals surface area contributed by atoms with Crippen LogP contribution in [0.4, 0.5) is 9.18 Å². The first-order valence-corrected chi connectivity index (χ1v) is 9.55. The smallest absolute Gasteiger partial charge is 0.338 e. The first-order valence-electron chi connectivity index (χ1n) is 8.11. The lowest BCUT2D eigenvalue weighted by molar-refractivity contribution is -0.127. The minimum atomic E-state index is -4.13. The van der Waals surface area contributed by atoms with Gasteiger partial charge in [0.25, 0.3) is 5.91 Å². The summed E-state index contributed by atoms with van der Waals surface area (Å²) >= 11 is 0. The molecular weight excluding hydrogens is 381 g/mol. The summed E-state index contributed by atoms with van der Waals surface area (Å²) in [6.07, 6.45) is -1.33. The number of benzene rings is 1. The fourth-order valence-electron chi connectivity index (χ4n) is 2.09. The molecule has 0 bridgehead atoms. The monoisotopic (exact) mass is 403 g/mol. The Kier molecular flexibility index (Phi) is 7.85. The van der Waals surface area contributed by atoms with Crippen molar-refractivity contribution in [3.63, 3.8) is 0 Å². The number of sulfonamides is 1. The van der Waals surface area contributed by atoms with Crippen molar-refractivity contribution >= 4 is 27.9 Å². The van der Waals surface area contributed by atoms with Gasteiger partial charge in [-0.05, 0) is 25.1 Å². The Morgan fingerprint density at radius 2 is 1.81 bits per heavy atom. The first-order chi connectivity index (χ1) is 12.6. The van der Waals surface area contributed by atoms with Gasteiger partial charge < -0.3 is 10.1 Å². The molecule has 0 aliphatic rings. The Hall–Kier alpha value is -2.53. The van der Waals surface area contributed by atoms with Crippen LogP contribution in [0.3, 0.4) is 0 Å². The molecule has 2 N–H and O–H groups in total. The largest absolute Gasteiger partial charge is 0.449 e. The highest BCUT2D eigenvalue weighted by Gasteiger charge is 2.27. The van der Waals surface area contributed by atoms with E-state index in [-0.39, 0.29) is 18.7 Å². The summed E-state index contributed by atoms with van der Waals surface area (Å²) in [6, 6.07) is 1.96. The second kappa shape index (κ2) is 9.42. The molecule has 0 saturated heterocycles. The van der Waals surface area contributed by atoms with Gasteiger partial charge >= 0.3 is 12.0 Å². The SMILES string of the molecule is CCN(CC)S(=O)(=O)c1cc(C(=O)OC(C)C(=O)NC(=O)NC)ccc1F. The van der Waals surface area contributed by atoms with Gasteiger partial charge in [0.1, 0.15) is 10.7 Å². The Balaban J connectivity index is 3.07. The Morgan fingerprint density at radius 3 is 2.33 bits per heavy atom. The van der Waals surface area contributed by atoms with Crippen LogP contribution in [0.25, 0.3) is 0 Å². The van der Waals surface area contributed by atoms with Gasteiger partial charge in [0.2, 0.25) is 10.0 Å².